The average molecular weight is 290 g/mol. The topological polar surface area (TPSA) is 29.1 Å². The minimum atomic E-state index is -0.158. The molecule has 0 spiro atoms. The van der Waals surface area contributed by atoms with Crippen LogP contribution in [0.25, 0.3) is 0 Å². The van der Waals surface area contributed by atoms with Gasteiger partial charge in [0.05, 0.1) is 4.88 Å². The van der Waals surface area contributed by atoms with Crippen LogP contribution in [0.15, 0.2) is 12.1 Å². The Bertz CT molecular complexity index is 344. The summed E-state index contributed by atoms with van der Waals surface area (Å²) in [5, 5.41) is 3.82. The lowest BCUT2D eigenvalue weighted by molar-refractivity contribution is 0.0917. The molecule has 1 aromatic heterocycles. The van der Waals surface area contributed by atoms with Crippen LogP contribution in [0.1, 0.15) is 34.8 Å². The zero-order valence-corrected chi connectivity index (χ0v) is 11.7. The van der Waals surface area contributed by atoms with Gasteiger partial charge in [0.1, 0.15) is 0 Å². The molecule has 0 aliphatic carbocycles. The summed E-state index contributed by atoms with van der Waals surface area (Å²) in [5.74, 6) is 0.0249. The Balaban J connectivity index is 2.71. The highest BCUT2D eigenvalue weighted by molar-refractivity contribution is 9.09. The molecule has 1 heterocycles. The van der Waals surface area contributed by atoms with E-state index in [1.165, 1.54) is 11.3 Å². The molecule has 1 unspecified atom stereocenters. The number of carbonyl (C=O) groups is 1. The monoisotopic (exact) mass is 289 g/mol. The normalized spacial score (nSPS) is 14.7. The molecule has 0 fully saturated rings. The third kappa shape index (κ3) is 3.31. The summed E-state index contributed by atoms with van der Waals surface area (Å²) >= 11 is 4.96. The molecule has 84 valence electrons. The van der Waals surface area contributed by atoms with Crippen molar-refractivity contribution in [2.45, 2.75) is 32.7 Å². The lowest BCUT2D eigenvalue weighted by atomic mass is 10.0. The minimum Gasteiger partial charge on any atom is -0.345 e. The second-order valence-corrected chi connectivity index (χ2v) is 5.76. The van der Waals surface area contributed by atoms with Crippen LogP contribution in [0.2, 0.25) is 0 Å². The zero-order valence-electron chi connectivity index (χ0n) is 9.26. The van der Waals surface area contributed by atoms with Crippen molar-refractivity contribution in [3.8, 4) is 0 Å². The van der Waals surface area contributed by atoms with E-state index in [9.17, 15) is 4.79 Å². The Labute approximate surface area is 103 Å². The molecule has 0 aromatic carbocycles. The van der Waals surface area contributed by atoms with Crippen LogP contribution >= 0.6 is 27.3 Å². The fourth-order valence-corrected chi connectivity index (χ4v) is 2.41. The van der Waals surface area contributed by atoms with Crippen LogP contribution in [0.5, 0.6) is 0 Å². The molecule has 1 N–H and O–H groups in total. The van der Waals surface area contributed by atoms with Crippen molar-refractivity contribution in [1.29, 1.82) is 0 Å². The third-order valence-electron chi connectivity index (χ3n) is 2.45. The van der Waals surface area contributed by atoms with Gasteiger partial charge in [-0.05, 0) is 32.4 Å². The van der Waals surface area contributed by atoms with Gasteiger partial charge in [-0.1, -0.05) is 22.9 Å². The first kappa shape index (κ1) is 12.7. The van der Waals surface area contributed by atoms with E-state index in [-0.39, 0.29) is 11.4 Å². The molecule has 0 saturated carbocycles. The van der Waals surface area contributed by atoms with E-state index < -0.39 is 0 Å². The Morgan fingerprint density at radius 3 is 2.67 bits per heavy atom. The van der Waals surface area contributed by atoms with Gasteiger partial charge in [-0.2, -0.15) is 0 Å². The maximum Gasteiger partial charge on any atom is 0.261 e. The number of halogens is 1. The maximum absolute atomic E-state index is 11.9. The summed E-state index contributed by atoms with van der Waals surface area (Å²) < 4.78 is 0. The smallest absolute Gasteiger partial charge is 0.261 e. The molecular weight excluding hydrogens is 274 g/mol. The van der Waals surface area contributed by atoms with E-state index in [1.807, 2.05) is 26.0 Å². The van der Waals surface area contributed by atoms with E-state index in [0.29, 0.717) is 0 Å². The quantitative estimate of drug-likeness (QED) is 0.847. The number of alkyl halides is 1. The minimum absolute atomic E-state index is 0.0249. The molecule has 1 amide bonds. The SMILES string of the molecule is CCC(C)(CBr)NC(=O)c1ccc(C)s1. The number of thiophene rings is 1. The van der Waals surface area contributed by atoms with Crippen molar-refractivity contribution < 1.29 is 4.79 Å². The molecule has 2 nitrogen and oxygen atoms in total. The lowest BCUT2D eigenvalue weighted by Crippen LogP contribution is -2.46. The summed E-state index contributed by atoms with van der Waals surface area (Å²) in [5.41, 5.74) is -0.158. The van der Waals surface area contributed by atoms with Gasteiger partial charge in [-0.15, -0.1) is 11.3 Å². The van der Waals surface area contributed by atoms with Crippen molar-refractivity contribution in [3.05, 3.63) is 21.9 Å². The second kappa shape index (κ2) is 5.12. The van der Waals surface area contributed by atoms with Gasteiger partial charge in [0.25, 0.3) is 5.91 Å². The molecule has 0 aliphatic rings. The number of hydrogen-bond donors (Lipinski definition) is 1. The molecule has 4 heteroatoms. The molecule has 0 aliphatic heterocycles. The Hall–Kier alpha value is -0.350. The van der Waals surface area contributed by atoms with Gasteiger partial charge in [0.2, 0.25) is 0 Å². The van der Waals surface area contributed by atoms with Gasteiger partial charge in [0.15, 0.2) is 0 Å². The first-order valence-electron chi connectivity index (χ1n) is 4.95. The van der Waals surface area contributed by atoms with Crippen molar-refractivity contribution in [3.63, 3.8) is 0 Å². The zero-order chi connectivity index (χ0) is 11.5. The van der Waals surface area contributed by atoms with Gasteiger partial charge in [-0.3, -0.25) is 4.79 Å². The van der Waals surface area contributed by atoms with Gasteiger partial charge in [0, 0.05) is 15.7 Å². The molecular formula is C11H16BrNOS. The molecule has 15 heavy (non-hydrogen) atoms. The highest BCUT2D eigenvalue weighted by Gasteiger charge is 2.23. The van der Waals surface area contributed by atoms with Crippen LogP contribution in [0.4, 0.5) is 0 Å². The first-order chi connectivity index (χ1) is 7.00. The Morgan fingerprint density at radius 2 is 2.27 bits per heavy atom. The number of rotatable bonds is 4. The third-order valence-corrected chi connectivity index (χ3v) is 4.69. The van der Waals surface area contributed by atoms with Crippen LogP contribution < -0.4 is 5.32 Å². The second-order valence-electron chi connectivity index (χ2n) is 3.91. The van der Waals surface area contributed by atoms with Crippen LogP contribution in [0.3, 0.4) is 0 Å². The number of carbonyl (C=O) groups excluding carboxylic acids is 1. The largest absolute Gasteiger partial charge is 0.345 e. The Kier molecular flexibility index (Phi) is 4.34. The van der Waals surface area contributed by atoms with Crippen molar-refractivity contribution in [1.82, 2.24) is 5.32 Å². The Morgan fingerprint density at radius 1 is 1.60 bits per heavy atom. The molecule has 0 radical (unpaired) electrons. The number of aryl methyl sites for hydroxylation is 1. The summed E-state index contributed by atoms with van der Waals surface area (Å²) in [6.45, 7) is 6.12. The van der Waals surface area contributed by atoms with Crippen molar-refractivity contribution >= 4 is 33.2 Å². The van der Waals surface area contributed by atoms with Gasteiger partial charge < -0.3 is 5.32 Å². The predicted molar refractivity (Wildman–Crippen MR) is 69.0 cm³/mol. The number of nitrogens with one attached hydrogen (secondary N) is 1. The maximum atomic E-state index is 11.9. The number of hydrogen-bond acceptors (Lipinski definition) is 2. The van der Waals surface area contributed by atoms with Crippen molar-refractivity contribution in [2.75, 3.05) is 5.33 Å². The number of amides is 1. The average Bonchev–Trinajstić information content (AvgIpc) is 2.65. The fourth-order valence-electron chi connectivity index (χ4n) is 1.11. The highest BCUT2D eigenvalue weighted by Crippen LogP contribution is 2.18. The molecule has 1 rings (SSSR count). The summed E-state index contributed by atoms with van der Waals surface area (Å²) in [4.78, 5) is 13.8. The molecule has 0 bridgehead atoms. The summed E-state index contributed by atoms with van der Waals surface area (Å²) in [6, 6.07) is 3.84. The molecule has 1 atom stereocenters. The lowest BCUT2D eigenvalue weighted by Gasteiger charge is -2.26. The summed E-state index contributed by atoms with van der Waals surface area (Å²) in [6.07, 6.45) is 0.911. The molecule has 1 aromatic rings. The molecule has 0 saturated heterocycles. The van der Waals surface area contributed by atoms with Crippen LogP contribution in [-0.2, 0) is 0 Å². The van der Waals surface area contributed by atoms with Crippen molar-refractivity contribution in [2.24, 2.45) is 0 Å². The highest BCUT2D eigenvalue weighted by atomic mass is 79.9. The van der Waals surface area contributed by atoms with Gasteiger partial charge in [-0.25, -0.2) is 0 Å². The van der Waals surface area contributed by atoms with E-state index in [1.54, 1.807) is 0 Å². The standard InChI is InChI=1S/C11H16BrNOS/c1-4-11(3,7-12)13-10(14)9-6-5-8(2)15-9/h5-6H,4,7H2,1-3H3,(H,13,14). The summed E-state index contributed by atoms with van der Waals surface area (Å²) in [7, 11) is 0. The first-order valence-corrected chi connectivity index (χ1v) is 6.89. The van der Waals surface area contributed by atoms with E-state index in [4.69, 9.17) is 0 Å². The van der Waals surface area contributed by atoms with Crippen LogP contribution in [0, 0.1) is 6.92 Å². The van der Waals surface area contributed by atoms with E-state index in [2.05, 4.69) is 28.2 Å². The van der Waals surface area contributed by atoms with Crippen LogP contribution in [-0.4, -0.2) is 16.8 Å². The fraction of sp³-hybridized carbons (Fsp3) is 0.545. The predicted octanol–water partition coefficient (Wildman–Crippen LogP) is 3.35. The van der Waals surface area contributed by atoms with E-state index >= 15 is 0 Å². The van der Waals surface area contributed by atoms with Gasteiger partial charge >= 0.3 is 0 Å². The van der Waals surface area contributed by atoms with E-state index in [0.717, 1.165) is 21.5 Å².